The summed E-state index contributed by atoms with van der Waals surface area (Å²) in [6.07, 6.45) is 8.99. The zero-order chi connectivity index (χ0) is 49.7. The van der Waals surface area contributed by atoms with Crippen molar-refractivity contribution in [2.45, 2.75) is 50.9 Å². The van der Waals surface area contributed by atoms with Crippen LogP contribution in [-0.2, 0) is 10.8 Å². The Morgan fingerprint density at radius 1 is 0.392 bits per heavy atom. The van der Waals surface area contributed by atoms with Gasteiger partial charge in [0, 0.05) is 57.6 Å². The first kappa shape index (κ1) is 43.8. The minimum absolute atomic E-state index is 0.213. The topological polar surface area (TPSA) is 63.9 Å². The molecule has 0 amide bonds. The van der Waals surface area contributed by atoms with Gasteiger partial charge >= 0.3 is 0 Å². The molecule has 0 radical (unpaired) electrons. The first-order valence-electron chi connectivity index (χ1n) is 25.7. The number of aliphatic imine (C=N–C) groups is 1. The summed E-state index contributed by atoms with van der Waals surface area (Å²) in [5.41, 5.74) is 20.7. The summed E-state index contributed by atoms with van der Waals surface area (Å²) in [4.78, 5) is 25.1. The van der Waals surface area contributed by atoms with Crippen LogP contribution in [0.1, 0.15) is 67.9 Å². The molecule has 5 nitrogen and oxygen atoms in total. The van der Waals surface area contributed by atoms with Crippen molar-refractivity contribution in [1.29, 1.82) is 0 Å². The monoisotopic (exact) mass is 949 g/mol. The SMILES string of the molecule is CC1(C)c2cc(-c3cc(-c4ccc5c(c4)C(C)(C)c4cc(C6C=NC=CC6)ccc4-5)cc(-c4nc(-c5ccccc5)nc(-c5ccc6c(ccc7ccccc76)c5)n4)c3)ccc2-c2ccc(-c3ccccn3)cc21. The summed E-state index contributed by atoms with van der Waals surface area (Å²) in [6, 6.07) is 70.8. The Bertz CT molecular complexity index is 4170. The molecule has 9 aromatic carbocycles. The van der Waals surface area contributed by atoms with Crippen molar-refractivity contribution in [3.05, 3.63) is 240 Å². The summed E-state index contributed by atoms with van der Waals surface area (Å²) in [5, 5.41) is 4.79. The lowest BCUT2D eigenvalue weighted by molar-refractivity contribution is 0.659. The van der Waals surface area contributed by atoms with Gasteiger partial charge in [0.2, 0.25) is 0 Å². The summed E-state index contributed by atoms with van der Waals surface area (Å²) < 4.78 is 0. The molecule has 2 aromatic heterocycles. The van der Waals surface area contributed by atoms with E-state index >= 15 is 0 Å². The molecule has 0 spiro atoms. The summed E-state index contributed by atoms with van der Waals surface area (Å²) in [6.45, 7) is 9.45. The fourth-order valence-electron chi connectivity index (χ4n) is 12.1. The standard InChI is InChI=1S/C69H51N5/c1-68(2)60-37-44(50-16-12-31-70-41-50)21-27-56(60)57-28-22-45(38-61(57)68)51-34-52(46-23-29-58-59-30-24-48(64-18-10-11-32-71-64)40-63(59)69(3,4)62(58)39-46)36-53(35-51)67-73-65(43-14-6-5-7-15-43)72-66(74-67)49-25-26-55-47(33-49)20-19-42-13-8-9-17-54(42)55/h5-15,17-41,50H,16H2,1-4H3. The highest BCUT2D eigenvalue weighted by Gasteiger charge is 2.38. The zero-order valence-electron chi connectivity index (χ0n) is 41.8. The van der Waals surface area contributed by atoms with E-state index in [0.717, 1.165) is 62.0 Å². The minimum atomic E-state index is -0.243. The fourth-order valence-corrected chi connectivity index (χ4v) is 12.1. The summed E-state index contributed by atoms with van der Waals surface area (Å²) in [5.74, 6) is 2.16. The third-order valence-electron chi connectivity index (χ3n) is 16.1. The number of fused-ring (bicyclic) bond motifs is 9. The normalized spacial score (nSPS) is 15.5. The van der Waals surface area contributed by atoms with Gasteiger partial charge in [-0.25, -0.2) is 15.0 Å². The summed E-state index contributed by atoms with van der Waals surface area (Å²) >= 11 is 0. The third-order valence-corrected chi connectivity index (χ3v) is 16.1. The van der Waals surface area contributed by atoms with Gasteiger partial charge in [-0.1, -0.05) is 173 Å². The van der Waals surface area contributed by atoms with Crippen LogP contribution in [-0.4, -0.2) is 26.2 Å². The van der Waals surface area contributed by atoms with Crippen LogP contribution in [0, 0.1) is 0 Å². The van der Waals surface area contributed by atoms with Gasteiger partial charge in [0.25, 0.3) is 0 Å². The molecule has 1 unspecified atom stereocenters. The van der Waals surface area contributed by atoms with Gasteiger partial charge in [0.05, 0.1) is 5.69 Å². The van der Waals surface area contributed by atoms with Gasteiger partial charge in [0.1, 0.15) is 0 Å². The van der Waals surface area contributed by atoms with Crippen molar-refractivity contribution < 1.29 is 0 Å². The van der Waals surface area contributed by atoms with E-state index in [-0.39, 0.29) is 16.7 Å². The van der Waals surface area contributed by atoms with E-state index in [0.29, 0.717) is 17.5 Å². The van der Waals surface area contributed by atoms with Crippen LogP contribution in [0.3, 0.4) is 0 Å². The van der Waals surface area contributed by atoms with Gasteiger partial charge in [-0.15, -0.1) is 0 Å². The molecule has 0 saturated heterocycles. The number of rotatable bonds is 7. The molecule has 11 aromatic rings. The lowest BCUT2D eigenvalue weighted by Gasteiger charge is -2.24. The van der Waals surface area contributed by atoms with E-state index in [2.05, 4.69) is 215 Å². The predicted molar refractivity (Wildman–Crippen MR) is 305 cm³/mol. The van der Waals surface area contributed by atoms with E-state index in [1.807, 2.05) is 36.7 Å². The Labute approximate surface area is 431 Å². The molecule has 74 heavy (non-hydrogen) atoms. The molecular weight excluding hydrogens is 899 g/mol. The number of pyridine rings is 1. The summed E-state index contributed by atoms with van der Waals surface area (Å²) in [7, 11) is 0. The predicted octanol–water partition coefficient (Wildman–Crippen LogP) is 17.3. The number of hydrogen-bond donors (Lipinski definition) is 0. The lowest BCUT2D eigenvalue weighted by atomic mass is 9.80. The van der Waals surface area contributed by atoms with E-state index in [1.165, 1.54) is 66.2 Å². The van der Waals surface area contributed by atoms with Crippen LogP contribution >= 0.6 is 0 Å². The van der Waals surface area contributed by atoms with E-state index < -0.39 is 0 Å². The minimum Gasteiger partial charge on any atom is -0.269 e. The second-order valence-corrected chi connectivity index (χ2v) is 21.3. The second-order valence-electron chi connectivity index (χ2n) is 21.3. The molecule has 1 aliphatic heterocycles. The molecule has 0 N–H and O–H groups in total. The molecule has 0 saturated carbocycles. The number of nitrogens with zero attached hydrogens (tertiary/aromatic N) is 5. The largest absolute Gasteiger partial charge is 0.269 e. The molecule has 1 atom stereocenters. The lowest BCUT2D eigenvalue weighted by Crippen LogP contribution is -2.16. The Morgan fingerprint density at radius 2 is 0.932 bits per heavy atom. The molecule has 352 valence electrons. The van der Waals surface area contributed by atoms with Crippen molar-refractivity contribution >= 4 is 27.8 Å². The first-order valence-corrected chi connectivity index (χ1v) is 25.7. The van der Waals surface area contributed by atoms with Gasteiger partial charge in [-0.2, -0.15) is 0 Å². The van der Waals surface area contributed by atoms with Crippen molar-refractivity contribution in [2.75, 3.05) is 0 Å². The van der Waals surface area contributed by atoms with E-state index in [9.17, 15) is 0 Å². The average molecular weight is 950 g/mol. The quantitative estimate of drug-likeness (QED) is 0.149. The number of aromatic nitrogens is 4. The third kappa shape index (κ3) is 7.17. The van der Waals surface area contributed by atoms with Crippen molar-refractivity contribution in [3.8, 4) is 89.9 Å². The molecule has 5 heteroatoms. The van der Waals surface area contributed by atoms with Gasteiger partial charge < -0.3 is 0 Å². The Kier molecular flexibility index (Phi) is 9.97. The highest BCUT2D eigenvalue weighted by atomic mass is 15.0. The number of hydrogen-bond acceptors (Lipinski definition) is 5. The Hall–Kier alpha value is -8.93. The fraction of sp³-hybridized carbons (Fsp3) is 0.116. The van der Waals surface area contributed by atoms with Gasteiger partial charge in [0.15, 0.2) is 17.5 Å². The highest BCUT2D eigenvalue weighted by Crippen LogP contribution is 2.53. The van der Waals surface area contributed by atoms with Crippen LogP contribution in [0.25, 0.3) is 111 Å². The molecular formula is C69H51N5. The van der Waals surface area contributed by atoms with Crippen LogP contribution in [0.4, 0.5) is 0 Å². The molecule has 0 fully saturated rings. The maximum atomic E-state index is 5.39. The highest BCUT2D eigenvalue weighted by molar-refractivity contribution is 6.08. The number of allylic oxidation sites excluding steroid dienone is 1. The first-order chi connectivity index (χ1) is 36.1. The maximum Gasteiger partial charge on any atom is 0.164 e. The molecule has 3 aliphatic rings. The van der Waals surface area contributed by atoms with E-state index in [1.54, 1.807) is 0 Å². The van der Waals surface area contributed by atoms with Crippen LogP contribution < -0.4 is 0 Å². The van der Waals surface area contributed by atoms with Crippen molar-refractivity contribution in [2.24, 2.45) is 4.99 Å². The van der Waals surface area contributed by atoms with E-state index in [4.69, 9.17) is 19.9 Å². The van der Waals surface area contributed by atoms with Crippen molar-refractivity contribution in [1.82, 2.24) is 19.9 Å². The van der Waals surface area contributed by atoms with Crippen LogP contribution in [0.5, 0.6) is 0 Å². The second kappa shape index (κ2) is 16.8. The van der Waals surface area contributed by atoms with Crippen molar-refractivity contribution in [3.63, 3.8) is 0 Å². The smallest absolute Gasteiger partial charge is 0.164 e. The molecule has 0 bridgehead atoms. The average Bonchev–Trinajstić information content (AvgIpc) is 3.86. The van der Waals surface area contributed by atoms with Crippen LogP contribution in [0.2, 0.25) is 0 Å². The van der Waals surface area contributed by atoms with Gasteiger partial charge in [-0.3, -0.25) is 9.98 Å². The van der Waals surface area contributed by atoms with Gasteiger partial charge in [-0.05, 0) is 155 Å². The molecule has 14 rings (SSSR count). The Balaban J connectivity index is 0.932. The van der Waals surface area contributed by atoms with Crippen LogP contribution in [0.15, 0.2) is 218 Å². The molecule has 2 aliphatic carbocycles. The maximum absolute atomic E-state index is 5.39. The zero-order valence-corrected chi connectivity index (χ0v) is 41.8. The number of benzene rings is 9. The Morgan fingerprint density at radius 3 is 1.59 bits per heavy atom. The molecule has 3 heterocycles.